The molecule has 0 aliphatic rings. The van der Waals surface area contributed by atoms with Gasteiger partial charge in [0.1, 0.15) is 0 Å². The highest BCUT2D eigenvalue weighted by Gasteiger charge is 2.23. The van der Waals surface area contributed by atoms with Gasteiger partial charge in [0.2, 0.25) is 15.9 Å². The number of hydrogen-bond donors (Lipinski definition) is 1. The van der Waals surface area contributed by atoms with Crippen molar-refractivity contribution in [3.63, 3.8) is 0 Å². The molecule has 0 aliphatic heterocycles. The van der Waals surface area contributed by atoms with Gasteiger partial charge in [-0.2, -0.15) is 4.31 Å². The first-order valence-electron chi connectivity index (χ1n) is 10.7. The second kappa shape index (κ2) is 9.70. The molecule has 172 valence electrons. The number of carbonyl (C=O) groups is 1. The summed E-state index contributed by atoms with van der Waals surface area (Å²) >= 11 is 0. The van der Waals surface area contributed by atoms with Crippen molar-refractivity contribution in [1.82, 2.24) is 8.87 Å². The van der Waals surface area contributed by atoms with Crippen LogP contribution in [0.2, 0.25) is 0 Å². The molecule has 0 atom stereocenters. The summed E-state index contributed by atoms with van der Waals surface area (Å²) in [4.78, 5) is 24.8. The largest absolute Gasteiger partial charge is 0.419 e. The number of benzene rings is 2. The highest BCUT2D eigenvalue weighted by Crippen LogP contribution is 2.26. The molecule has 0 spiro atoms. The number of nitrogens with zero attached hydrogens (tertiary/aromatic N) is 2. The zero-order valence-corrected chi connectivity index (χ0v) is 19.7. The second-order valence-corrected chi connectivity index (χ2v) is 9.58. The Bertz CT molecular complexity index is 1290. The summed E-state index contributed by atoms with van der Waals surface area (Å²) in [6.45, 7) is 8.33. The minimum Gasteiger partial charge on any atom is -0.408 e. The molecule has 0 aliphatic carbocycles. The van der Waals surface area contributed by atoms with Crippen molar-refractivity contribution in [2.75, 3.05) is 18.4 Å². The monoisotopic (exact) mass is 459 g/mol. The Kier molecular flexibility index (Phi) is 7.20. The average molecular weight is 460 g/mol. The van der Waals surface area contributed by atoms with Gasteiger partial charge >= 0.3 is 5.76 Å². The van der Waals surface area contributed by atoms with Crippen LogP contribution in [0.5, 0.6) is 0 Å². The van der Waals surface area contributed by atoms with Crippen molar-refractivity contribution >= 4 is 32.7 Å². The molecule has 9 heteroatoms. The van der Waals surface area contributed by atoms with Crippen LogP contribution in [0.3, 0.4) is 0 Å². The molecule has 3 rings (SSSR count). The van der Waals surface area contributed by atoms with E-state index >= 15 is 0 Å². The zero-order chi connectivity index (χ0) is 23.5. The first kappa shape index (κ1) is 23.7. The molecule has 2 aromatic carbocycles. The molecule has 1 N–H and O–H groups in total. The quantitative estimate of drug-likeness (QED) is 0.526. The normalized spacial score (nSPS) is 11.9. The van der Waals surface area contributed by atoms with Gasteiger partial charge in [-0.05, 0) is 55.7 Å². The number of nitrogens with one attached hydrogen (secondary N) is 1. The lowest BCUT2D eigenvalue weighted by molar-refractivity contribution is -0.116. The number of sulfonamides is 1. The summed E-state index contributed by atoms with van der Waals surface area (Å²) in [6.07, 6.45) is 0.613. The molecule has 0 fully saturated rings. The highest BCUT2D eigenvalue weighted by atomic mass is 32.2. The van der Waals surface area contributed by atoms with Crippen LogP contribution >= 0.6 is 0 Å². The van der Waals surface area contributed by atoms with Crippen LogP contribution in [0.1, 0.15) is 37.8 Å². The van der Waals surface area contributed by atoms with Crippen molar-refractivity contribution in [1.29, 1.82) is 0 Å². The predicted molar refractivity (Wildman–Crippen MR) is 124 cm³/mol. The first-order valence-corrected chi connectivity index (χ1v) is 12.1. The molecule has 1 amide bonds. The summed E-state index contributed by atoms with van der Waals surface area (Å²) in [5, 5.41) is 2.84. The summed E-state index contributed by atoms with van der Waals surface area (Å²) in [5.41, 5.74) is 3.28. The third kappa shape index (κ3) is 4.78. The Morgan fingerprint density at radius 2 is 1.81 bits per heavy atom. The number of aryl methyl sites for hydroxylation is 2. The van der Waals surface area contributed by atoms with Crippen LogP contribution in [-0.4, -0.2) is 36.3 Å². The number of fused-ring (bicyclic) bond motifs is 1. The Morgan fingerprint density at radius 1 is 1.12 bits per heavy atom. The lowest BCUT2D eigenvalue weighted by atomic mass is 10.1. The molecular weight excluding hydrogens is 430 g/mol. The van der Waals surface area contributed by atoms with Crippen LogP contribution in [-0.2, 0) is 21.4 Å². The first-order chi connectivity index (χ1) is 15.2. The van der Waals surface area contributed by atoms with Gasteiger partial charge in [-0.25, -0.2) is 13.2 Å². The maximum Gasteiger partial charge on any atom is 0.419 e. The minimum absolute atomic E-state index is 0.163. The fourth-order valence-corrected chi connectivity index (χ4v) is 5.22. The zero-order valence-electron chi connectivity index (χ0n) is 18.8. The Hall–Kier alpha value is -2.91. The van der Waals surface area contributed by atoms with E-state index in [1.807, 2.05) is 19.9 Å². The lowest BCUT2D eigenvalue weighted by Gasteiger charge is -2.20. The smallest absolute Gasteiger partial charge is 0.408 e. The van der Waals surface area contributed by atoms with Gasteiger partial charge < -0.3 is 9.73 Å². The Labute approximate surface area is 187 Å². The van der Waals surface area contributed by atoms with Crippen molar-refractivity contribution in [2.45, 2.75) is 52.0 Å². The third-order valence-corrected chi connectivity index (χ3v) is 7.65. The summed E-state index contributed by atoms with van der Waals surface area (Å²) < 4.78 is 33.9. The van der Waals surface area contributed by atoms with Gasteiger partial charge in [0.25, 0.3) is 0 Å². The van der Waals surface area contributed by atoms with Crippen LogP contribution in [0.4, 0.5) is 5.69 Å². The molecule has 32 heavy (non-hydrogen) atoms. The number of oxazole rings is 1. The standard InChI is InChI=1S/C23H29N3O5S/c1-5-25(6-2)32(29,30)18-14-16(3)17(4)19(15-18)24-22(27)12-9-13-26-20-10-7-8-11-21(20)31-23(26)28/h7-8,10-11,14-15H,5-6,9,12-13H2,1-4H3,(H,24,27). The molecule has 3 aromatic rings. The fourth-order valence-electron chi connectivity index (χ4n) is 3.65. The summed E-state index contributed by atoms with van der Waals surface area (Å²) in [7, 11) is -3.64. The third-order valence-electron chi connectivity index (χ3n) is 5.62. The van der Waals surface area contributed by atoms with Crippen LogP contribution in [0.15, 0.2) is 50.5 Å². The van der Waals surface area contributed by atoms with E-state index in [9.17, 15) is 18.0 Å². The van der Waals surface area contributed by atoms with Gasteiger partial charge in [-0.3, -0.25) is 9.36 Å². The van der Waals surface area contributed by atoms with E-state index in [0.29, 0.717) is 42.8 Å². The summed E-state index contributed by atoms with van der Waals surface area (Å²) in [5.74, 6) is -0.696. The second-order valence-electron chi connectivity index (χ2n) is 7.64. The lowest BCUT2D eigenvalue weighted by Crippen LogP contribution is -2.30. The summed E-state index contributed by atoms with van der Waals surface area (Å²) in [6, 6.07) is 10.3. The van der Waals surface area contributed by atoms with E-state index in [1.54, 1.807) is 38.1 Å². The Morgan fingerprint density at radius 3 is 2.50 bits per heavy atom. The van der Waals surface area contributed by atoms with Crippen molar-refractivity contribution in [2.24, 2.45) is 0 Å². The highest BCUT2D eigenvalue weighted by molar-refractivity contribution is 7.89. The molecular formula is C23H29N3O5S. The number of para-hydroxylation sites is 2. The Balaban J connectivity index is 1.72. The van der Waals surface area contributed by atoms with E-state index in [-0.39, 0.29) is 17.2 Å². The molecule has 0 radical (unpaired) electrons. The van der Waals surface area contributed by atoms with E-state index in [0.717, 1.165) is 11.1 Å². The molecule has 0 bridgehead atoms. The number of aromatic nitrogens is 1. The average Bonchev–Trinajstić information content (AvgIpc) is 3.07. The van der Waals surface area contributed by atoms with Crippen molar-refractivity contribution in [3.8, 4) is 0 Å². The van der Waals surface area contributed by atoms with E-state index in [1.165, 1.54) is 14.9 Å². The number of hydrogen-bond acceptors (Lipinski definition) is 5. The van der Waals surface area contributed by atoms with E-state index < -0.39 is 15.8 Å². The van der Waals surface area contributed by atoms with Crippen LogP contribution in [0.25, 0.3) is 11.1 Å². The van der Waals surface area contributed by atoms with Crippen molar-refractivity contribution < 1.29 is 17.6 Å². The van der Waals surface area contributed by atoms with Crippen LogP contribution < -0.4 is 11.1 Å². The minimum atomic E-state index is -3.64. The van der Waals surface area contributed by atoms with Crippen LogP contribution in [0, 0.1) is 13.8 Å². The number of carbonyl (C=O) groups excluding carboxylic acids is 1. The molecule has 0 saturated heterocycles. The topological polar surface area (TPSA) is 102 Å². The van der Waals surface area contributed by atoms with E-state index in [4.69, 9.17) is 4.42 Å². The van der Waals surface area contributed by atoms with Gasteiger partial charge in [-0.1, -0.05) is 26.0 Å². The molecule has 1 aromatic heterocycles. The number of anilines is 1. The number of amides is 1. The molecule has 1 heterocycles. The van der Waals surface area contributed by atoms with Gasteiger partial charge in [0.05, 0.1) is 10.4 Å². The van der Waals surface area contributed by atoms with Gasteiger partial charge in [-0.15, -0.1) is 0 Å². The number of rotatable bonds is 9. The fraction of sp³-hybridized carbons (Fsp3) is 0.391. The maximum atomic E-state index is 12.9. The predicted octanol–water partition coefficient (Wildman–Crippen LogP) is 3.66. The molecule has 8 nitrogen and oxygen atoms in total. The molecule has 0 unspecified atom stereocenters. The van der Waals surface area contributed by atoms with Gasteiger partial charge in [0, 0.05) is 31.7 Å². The van der Waals surface area contributed by atoms with E-state index in [2.05, 4.69) is 5.32 Å². The maximum absolute atomic E-state index is 12.9. The molecule has 0 saturated carbocycles. The SMILES string of the molecule is CCN(CC)S(=O)(=O)c1cc(C)c(C)c(NC(=O)CCCn2c(=O)oc3ccccc32)c1. The van der Waals surface area contributed by atoms with Crippen molar-refractivity contribution in [3.05, 3.63) is 58.1 Å². The van der Waals surface area contributed by atoms with Gasteiger partial charge in [0.15, 0.2) is 5.58 Å².